The Morgan fingerprint density at radius 1 is 1.15 bits per heavy atom. The molecule has 1 aromatic rings. The number of nitrogens with zero attached hydrogens (tertiary/aromatic N) is 1. The van der Waals surface area contributed by atoms with Crippen LogP contribution in [0, 0.1) is 0 Å². The highest BCUT2D eigenvalue weighted by Gasteiger charge is 2.10. The van der Waals surface area contributed by atoms with Crippen LogP contribution in [-0.2, 0) is 0 Å². The molecule has 0 bridgehead atoms. The van der Waals surface area contributed by atoms with E-state index in [0.717, 1.165) is 38.3 Å². The number of rotatable bonds is 6. The number of hydrogen-bond acceptors (Lipinski definition) is 2. The molecular formula is C16H24N4. The first-order chi connectivity index (χ1) is 9.88. The van der Waals surface area contributed by atoms with Gasteiger partial charge in [-0.25, -0.2) is 0 Å². The van der Waals surface area contributed by atoms with E-state index >= 15 is 0 Å². The molecule has 1 aromatic carbocycles. The van der Waals surface area contributed by atoms with Crippen molar-refractivity contribution in [3.05, 3.63) is 42.5 Å². The lowest BCUT2D eigenvalue weighted by Gasteiger charge is -2.17. The molecule has 0 aliphatic heterocycles. The van der Waals surface area contributed by atoms with E-state index in [1.54, 1.807) is 0 Å². The summed E-state index contributed by atoms with van der Waals surface area (Å²) in [4.78, 5) is 4.25. The van der Waals surface area contributed by atoms with Crippen LogP contribution < -0.4 is 16.0 Å². The monoisotopic (exact) mass is 272 g/mol. The number of anilines is 1. The van der Waals surface area contributed by atoms with Gasteiger partial charge in [0, 0.05) is 31.9 Å². The van der Waals surface area contributed by atoms with Gasteiger partial charge in [0.25, 0.3) is 0 Å². The quantitative estimate of drug-likeness (QED) is 0.322. The molecule has 0 unspecified atom stereocenters. The Kier molecular flexibility index (Phi) is 5.96. The van der Waals surface area contributed by atoms with Crippen LogP contribution in [0.3, 0.4) is 0 Å². The largest absolute Gasteiger partial charge is 0.385 e. The minimum atomic E-state index is 0.503. The fourth-order valence-corrected chi connectivity index (χ4v) is 2.21. The summed E-state index contributed by atoms with van der Waals surface area (Å²) in [7, 11) is 1.82. The third-order valence-corrected chi connectivity index (χ3v) is 3.32. The molecule has 1 aliphatic rings. The van der Waals surface area contributed by atoms with Crippen molar-refractivity contribution >= 4 is 11.6 Å². The smallest absolute Gasteiger partial charge is 0.191 e. The molecule has 20 heavy (non-hydrogen) atoms. The number of aliphatic imine (C=N–C) groups is 1. The zero-order valence-corrected chi connectivity index (χ0v) is 12.1. The fraction of sp³-hybridized carbons (Fsp3) is 0.438. The van der Waals surface area contributed by atoms with Gasteiger partial charge in [0.1, 0.15) is 0 Å². The van der Waals surface area contributed by atoms with Gasteiger partial charge in [0.05, 0.1) is 0 Å². The Balaban J connectivity index is 1.57. The van der Waals surface area contributed by atoms with Crippen LogP contribution in [0.5, 0.6) is 0 Å². The molecule has 4 nitrogen and oxygen atoms in total. The molecule has 0 spiro atoms. The molecule has 0 atom stereocenters. The molecule has 108 valence electrons. The molecule has 0 amide bonds. The molecule has 0 saturated carbocycles. The summed E-state index contributed by atoms with van der Waals surface area (Å²) < 4.78 is 0. The van der Waals surface area contributed by atoms with Crippen LogP contribution in [0.15, 0.2) is 47.5 Å². The molecule has 0 heterocycles. The highest BCUT2D eigenvalue weighted by molar-refractivity contribution is 5.80. The predicted molar refractivity (Wildman–Crippen MR) is 86.2 cm³/mol. The van der Waals surface area contributed by atoms with Crippen molar-refractivity contribution in [2.75, 3.05) is 25.5 Å². The lowest BCUT2D eigenvalue weighted by Crippen LogP contribution is -2.43. The van der Waals surface area contributed by atoms with Gasteiger partial charge < -0.3 is 16.0 Å². The van der Waals surface area contributed by atoms with Crippen LogP contribution in [0.4, 0.5) is 5.69 Å². The van der Waals surface area contributed by atoms with Crippen LogP contribution in [0.2, 0.25) is 0 Å². The second kappa shape index (κ2) is 8.25. The van der Waals surface area contributed by atoms with Gasteiger partial charge in [-0.3, -0.25) is 4.99 Å². The fourth-order valence-electron chi connectivity index (χ4n) is 2.21. The molecule has 0 saturated heterocycles. The third-order valence-electron chi connectivity index (χ3n) is 3.32. The van der Waals surface area contributed by atoms with Crippen molar-refractivity contribution in [3.8, 4) is 0 Å². The lowest BCUT2D eigenvalue weighted by molar-refractivity contribution is 0.630. The van der Waals surface area contributed by atoms with Gasteiger partial charge in [-0.2, -0.15) is 0 Å². The minimum Gasteiger partial charge on any atom is -0.385 e. The van der Waals surface area contributed by atoms with E-state index in [2.05, 4.69) is 45.2 Å². The first-order valence-electron chi connectivity index (χ1n) is 7.29. The summed E-state index contributed by atoms with van der Waals surface area (Å²) in [6.45, 7) is 1.87. The van der Waals surface area contributed by atoms with Crippen molar-refractivity contribution in [1.82, 2.24) is 10.6 Å². The SMILES string of the molecule is CN=C(NCCCNc1ccccc1)NC1CC=CC1. The Morgan fingerprint density at radius 2 is 1.90 bits per heavy atom. The van der Waals surface area contributed by atoms with Crippen LogP contribution in [-0.4, -0.2) is 32.1 Å². The number of benzene rings is 1. The summed E-state index contributed by atoms with van der Waals surface area (Å²) >= 11 is 0. The van der Waals surface area contributed by atoms with Gasteiger partial charge in [-0.15, -0.1) is 0 Å². The van der Waals surface area contributed by atoms with Crippen molar-refractivity contribution in [1.29, 1.82) is 0 Å². The van der Waals surface area contributed by atoms with Gasteiger partial charge >= 0.3 is 0 Å². The van der Waals surface area contributed by atoms with E-state index in [1.807, 2.05) is 25.2 Å². The molecule has 0 aromatic heterocycles. The number of hydrogen-bond donors (Lipinski definition) is 3. The third kappa shape index (κ3) is 4.96. The molecule has 3 N–H and O–H groups in total. The summed E-state index contributed by atoms with van der Waals surface area (Å²) in [6, 6.07) is 10.8. The summed E-state index contributed by atoms with van der Waals surface area (Å²) in [5, 5.41) is 10.2. The highest BCUT2D eigenvalue weighted by atomic mass is 15.2. The Bertz CT molecular complexity index is 431. The lowest BCUT2D eigenvalue weighted by atomic mass is 10.2. The van der Waals surface area contributed by atoms with E-state index in [9.17, 15) is 0 Å². The first kappa shape index (κ1) is 14.4. The second-order valence-corrected chi connectivity index (χ2v) is 4.93. The normalized spacial score (nSPS) is 15.3. The molecule has 0 radical (unpaired) electrons. The van der Waals surface area contributed by atoms with E-state index in [0.29, 0.717) is 6.04 Å². The van der Waals surface area contributed by atoms with E-state index < -0.39 is 0 Å². The number of guanidine groups is 1. The molecule has 0 fully saturated rings. The maximum atomic E-state index is 4.25. The van der Waals surface area contributed by atoms with Crippen LogP contribution in [0.1, 0.15) is 19.3 Å². The van der Waals surface area contributed by atoms with Crippen molar-refractivity contribution in [2.24, 2.45) is 4.99 Å². The maximum Gasteiger partial charge on any atom is 0.191 e. The zero-order chi connectivity index (χ0) is 14.0. The molecule has 4 heteroatoms. The molecular weight excluding hydrogens is 248 g/mol. The van der Waals surface area contributed by atoms with E-state index in [-0.39, 0.29) is 0 Å². The maximum absolute atomic E-state index is 4.25. The average Bonchev–Trinajstić information content (AvgIpc) is 3.00. The predicted octanol–water partition coefficient (Wildman–Crippen LogP) is 2.37. The van der Waals surface area contributed by atoms with Gasteiger partial charge in [0.2, 0.25) is 0 Å². The number of para-hydroxylation sites is 1. The van der Waals surface area contributed by atoms with Crippen molar-refractivity contribution < 1.29 is 0 Å². The Labute approximate surface area is 121 Å². The van der Waals surface area contributed by atoms with Crippen LogP contribution in [0.25, 0.3) is 0 Å². The van der Waals surface area contributed by atoms with E-state index in [1.165, 1.54) is 5.69 Å². The highest BCUT2D eigenvalue weighted by Crippen LogP contribution is 2.08. The summed E-state index contributed by atoms with van der Waals surface area (Å²) in [6.07, 6.45) is 7.68. The second-order valence-electron chi connectivity index (χ2n) is 4.93. The van der Waals surface area contributed by atoms with E-state index in [4.69, 9.17) is 0 Å². The minimum absolute atomic E-state index is 0.503. The first-order valence-corrected chi connectivity index (χ1v) is 7.29. The topological polar surface area (TPSA) is 48.5 Å². The summed E-state index contributed by atoms with van der Waals surface area (Å²) in [5.74, 6) is 0.901. The van der Waals surface area contributed by atoms with Crippen LogP contribution >= 0.6 is 0 Å². The van der Waals surface area contributed by atoms with Gasteiger partial charge in [-0.1, -0.05) is 30.4 Å². The van der Waals surface area contributed by atoms with Gasteiger partial charge in [0.15, 0.2) is 5.96 Å². The average molecular weight is 272 g/mol. The zero-order valence-electron chi connectivity index (χ0n) is 12.1. The van der Waals surface area contributed by atoms with Crippen molar-refractivity contribution in [2.45, 2.75) is 25.3 Å². The van der Waals surface area contributed by atoms with Gasteiger partial charge in [-0.05, 0) is 31.4 Å². The number of nitrogens with one attached hydrogen (secondary N) is 3. The summed E-state index contributed by atoms with van der Waals surface area (Å²) in [5.41, 5.74) is 1.17. The molecule has 2 rings (SSSR count). The standard InChI is InChI=1S/C16H24N4/c1-17-16(20-15-10-5-6-11-15)19-13-7-12-18-14-8-3-2-4-9-14/h2-6,8-9,15,18H,7,10-13H2,1H3,(H2,17,19,20). The Hall–Kier alpha value is -1.97. The Morgan fingerprint density at radius 3 is 2.60 bits per heavy atom. The molecule has 1 aliphatic carbocycles. The van der Waals surface area contributed by atoms with Crippen molar-refractivity contribution in [3.63, 3.8) is 0 Å².